The summed E-state index contributed by atoms with van der Waals surface area (Å²) in [6.07, 6.45) is 6.57. The zero-order valence-corrected chi connectivity index (χ0v) is 10.5. The molecule has 18 heavy (non-hydrogen) atoms. The van der Waals surface area contributed by atoms with E-state index in [1.165, 1.54) is 31.0 Å². The minimum Gasteiger partial charge on any atom is -0.271 e. The zero-order chi connectivity index (χ0) is 13.0. The van der Waals surface area contributed by atoms with E-state index in [0.29, 0.717) is 0 Å². The van der Waals surface area contributed by atoms with Crippen LogP contribution in [-0.2, 0) is 0 Å². The maximum absolute atomic E-state index is 13.8. The molecule has 0 aliphatic heterocycles. The maximum atomic E-state index is 13.8. The molecule has 1 unspecified atom stereocenters. The summed E-state index contributed by atoms with van der Waals surface area (Å²) in [5.74, 6) is 4.73. The van der Waals surface area contributed by atoms with E-state index in [-0.39, 0.29) is 11.5 Å². The lowest BCUT2D eigenvalue weighted by molar-refractivity contribution is 0.312. The maximum Gasteiger partial charge on any atom is 0.130 e. The largest absolute Gasteiger partial charge is 0.271 e. The first-order valence-corrected chi connectivity index (χ1v) is 6.64. The first kappa shape index (κ1) is 13.4. The molecule has 0 aromatic heterocycles. The van der Waals surface area contributed by atoms with Gasteiger partial charge in [0.25, 0.3) is 0 Å². The Balaban J connectivity index is 2.26. The van der Waals surface area contributed by atoms with Crippen molar-refractivity contribution >= 4 is 0 Å². The number of hydrogen-bond donors (Lipinski definition) is 2. The lowest BCUT2D eigenvalue weighted by Crippen LogP contribution is -2.34. The molecule has 0 radical (unpaired) electrons. The summed E-state index contributed by atoms with van der Waals surface area (Å²) >= 11 is 0. The van der Waals surface area contributed by atoms with Crippen molar-refractivity contribution in [2.45, 2.75) is 44.6 Å². The first-order chi connectivity index (χ1) is 8.74. The topological polar surface area (TPSA) is 38.0 Å². The van der Waals surface area contributed by atoms with Crippen molar-refractivity contribution in [3.63, 3.8) is 0 Å². The molecular formula is C14H20F2N2. The Hall–Kier alpha value is -1.00. The summed E-state index contributed by atoms with van der Waals surface area (Å²) in [4.78, 5) is 0. The van der Waals surface area contributed by atoms with Gasteiger partial charge in [-0.05, 0) is 30.9 Å². The van der Waals surface area contributed by atoms with Crippen LogP contribution < -0.4 is 11.3 Å². The molecule has 2 rings (SSSR count). The van der Waals surface area contributed by atoms with Gasteiger partial charge in [0.1, 0.15) is 11.6 Å². The fourth-order valence-corrected chi connectivity index (χ4v) is 2.91. The third-order valence-corrected chi connectivity index (χ3v) is 3.86. The van der Waals surface area contributed by atoms with E-state index in [1.807, 2.05) is 0 Å². The van der Waals surface area contributed by atoms with Crippen LogP contribution in [0.15, 0.2) is 18.2 Å². The van der Waals surface area contributed by atoms with Crippen molar-refractivity contribution in [1.29, 1.82) is 0 Å². The Kier molecular flexibility index (Phi) is 4.66. The molecule has 2 nitrogen and oxygen atoms in total. The fourth-order valence-electron chi connectivity index (χ4n) is 2.91. The number of hydrazine groups is 1. The third kappa shape index (κ3) is 2.87. The van der Waals surface area contributed by atoms with E-state index in [1.54, 1.807) is 0 Å². The van der Waals surface area contributed by atoms with Crippen LogP contribution in [0.3, 0.4) is 0 Å². The Labute approximate surface area is 107 Å². The molecule has 0 amide bonds. The Morgan fingerprint density at radius 1 is 1.06 bits per heavy atom. The van der Waals surface area contributed by atoms with Gasteiger partial charge >= 0.3 is 0 Å². The van der Waals surface area contributed by atoms with Crippen molar-refractivity contribution < 1.29 is 8.78 Å². The lowest BCUT2D eigenvalue weighted by Gasteiger charge is -2.26. The molecular weight excluding hydrogens is 234 g/mol. The molecule has 100 valence electrons. The smallest absolute Gasteiger partial charge is 0.130 e. The summed E-state index contributed by atoms with van der Waals surface area (Å²) in [6.45, 7) is 0. The normalized spacial score (nSPS) is 19.5. The monoisotopic (exact) mass is 254 g/mol. The molecule has 0 bridgehead atoms. The second-order valence-corrected chi connectivity index (χ2v) is 5.03. The second-order valence-electron chi connectivity index (χ2n) is 5.03. The number of hydrogen-bond acceptors (Lipinski definition) is 2. The number of nitrogens with one attached hydrogen (secondary N) is 1. The van der Waals surface area contributed by atoms with Gasteiger partial charge in [-0.1, -0.05) is 31.7 Å². The van der Waals surface area contributed by atoms with Crippen LogP contribution in [0.4, 0.5) is 8.78 Å². The molecule has 1 aliphatic rings. The minimum absolute atomic E-state index is 0.0897. The number of rotatable bonds is 3. The average molecular weight is 254 g/mol. The van der Waals surface area contributed by atoms with Crippen molar-refractivity contribution in [2.75, 3.05) is 0 Å². The van der Waals surface area contributed by atoms with Crippen molar-refractivity contribution in [3.05, 3.63) is 35.4 Å². The Bertz CT molecular complexity index is 367. The van der Waals surface area contributed by atoms with Gasteiger partial charge in [0, 0.05) is 5.56 Å². The highest BCUT2D eigenvalue weighted by Crippen LogP contribution is 2.35. The highest BCUT2D eigenvalue weighted by Gasteiger charge is 2.27. The Morgan fingerprint density at radius 2 is 1.61 bits per heavy atom. The summed E-state index contributed by atoms with van der Waals surface area (Å²) in [5.41, 5.74) is 2.71. The Morgan fingerprint density at radius 3 is 2.11 bits per heavy atom. The van der Waals surface area contributed by atoms with Crippen LogP contribution in [-0.4, -0.2) is 0 Å². The summed E-state index contributed by atoms with van der Waals surface area (Å²) in [7, 11) is 0. The quantitative estimate of drug-likeness (QED) is 0.492. The predicted octanol–water partition coefficient (Wildman–Crippen LogP) is 3.44. The van der Waals surface area contributed by atoms with Crippen molar-refractivity contribution in [2.24, 2.45) is 11.8 Å². The molecule has 1 aromatic carbocycles. The van der Waals surface area contributed by atoms with Gasteiger partial charge in [-0.25, -0.2) is 8.78 Å². The van der Waals surface area contributed by atoms with E-state index in [9.17, 15) is 8.78 Å². The molecule has 1 atom stereocenters. The van der Waals surface area contributed by atoms with Gasteiger partial charge < -0.3 is 0 Å². The second kappa shape index (κ2) is 6.25. The summed E-state index contributed by atoms with van der Waals surface area (Å²) in [6, 6.07) is 3.54. The SMILES string of the molecule is NNC(c1c(F)cccc1F)C1CCCCCC1. The van der Waals surface area contributed by atoms with Gasteiger partial charge in [-0.15, -0.1) is 0 Å². The number of benzene rings is 1. The van der Waals surface area contributed by atoms with Crippen LogP contribution in [0.25, 0.3) is 0 Å². The van der Waals surface area contributed by atoms with E-state index in [2.05, 4.69) is 5.43 Å². The number of halogens is 2. The van der Waals surface area contributed by atoms with Crippen LogP contribution in [0, 0.1) is 17.6 Å². The van der Waals surface area contributed by atoms with Crippen molar-refractivity contribution in [1.82, 2.24) is 5.43 Å². The van der Waals surface area contributed by atoms with E-state index in [4.69, 9.17) is 5.84 Å². The van der Waals surface area contributed by atoms with Gasteiger partial charge in [0.15, 0.2) is 0 Å². The molecule has 0 spiro atoms. The molecule has 1 fully saturated rings. The van der Waals surface area contributed by atoms with Crippen LogP contribution in [0.5, 0.6) is 0 Å². The summed E-state index contributed by atoms with van der Waals surface area (Å²) < 4.78 is 27.6. The highest BCUT2D eigenvalue weighted by molar-refractivity contribution is 5.24. The highest BCUT2D eigenvalue weighted by atomic mass is 19.1. The first-order valence-electron chi connectivity index (χ1n) is 6.64. The van der Waals surface area contributed by atoms with Gasteiger partial charge in [-0.2, -0.15) is 0 Å². The zero-order valence-electron chi connectivity index (χ0n) is 10.5. The van der Waals surface area contributed by atoms with Crippen LogP contribution in [0.1, 0.15) is 50.1 Å². The van der Waals surface area contributed by atoms with Crippen LogP contribution >= 0.6 is 0 Å². The van der Waals surface area contributed by atoms with E-state index < -0.39 is 17.7 Å². The lowest BCUT2D eigenvalue weighted by atomic mass is 9.87. The molecule has 1 saturated carbocycles. The van der Waals surface area contributed by atoms with Crippen molar-refractivity contribution in [3.8, 4) is 0 Å². The fraction of sp³-hybridized carbons (Fsp3) is 0.571. The molecule has 3 N–H and O–H groups in total. The third-order valence-electron chi connectivity index (χ3n) is 3.86. The molecule has 0 saturated heterocycles. The molecule has 1 aliphatic carbocycles. The van der Waals surface area contributed by atoms with E-state index >= 15 is 0 Å². The van der Waals surface area contributed by atoms with Gasteiger partial charge in [0.2, 0.25) is 0 Å². The minimum atomic E-state index is -0.512. The van der Waals surface area contributed by atoms with Gasteiger partial charge in [0.05, 0.1) is 6.04 Å². The standard InChI is InChI=1S/C14H20F2N2/c15-11-8-5-9-12(16)13(11)14(18-17)10-6-3-1-2-4-7-10/h5,8-10,14,18H,1-4,6-7,17H2. The molecule has 4 heteroatoms. The number of nitrogens with two attached hydrogens (primary N) is 1. The van der Waals surface area contributed by atoms with Crippen LogP contribution in [0.2, 0.25) is 0 Å². The average Bonchev–Trinajstić information content (AvgIpc) is 2.63. The molecule has 0 heterocycles. The molecule has 1 aromatic rings. The van der Waals surface area contributed by atoms with Gasteiger partial charge in [-0.3, -0.25) is 11.3 Å². The predicted molar refractivity (Wildman–Crippen MR) is 67.6 cm³/mol. The summed E-state index contributed by atoms with van der Waals surface area (Å²) in [5, 5.41) is 0. The van der Waals surface area contributed by atoms with E-state index in [0.717, 1.165) is 25.7 Å².